The average Bonchev–Trinajstić information content (AvgIpc) is 2.18. The lowest BCUT2D eigenvalue weighted by Gasteiger charge is -2.18. The Morgan fingerprint density at radius 2 is 1.94 bits per heavy atom. The number of nitrogens with one attached hydrogen (secondary N) is 1. The first-order valence-electron chi connectivity index (χ1n) is 4.74. The summed E-state index contributed by atoms with van der Waals surface area (Å²) in [5.74, 6) is -1.89. The Kier molecular flexibility index (Phi) is 4.36. The Bertz CT molecular complexity index is 407. The number of hydrogen-bond donors (Lipinski definition) is 4. The van der Waals surface area contributed by atoms with Gasteiger partial charge in [0.05, 0.1) is 0 Å². The third kappa shape index (κ3) is 5.06. The molecule has 0 aromatic carbocycles. The molecule has 0 aromatic heterocycles. The molecule has 0 saturated heterocycles. The number of ketones is 1. The molecule has 1 aliphatic rings. The molecular weight excluding hydrogens is 249 g/mol. The van der Waals surface area contributed by atoms with Crippen molar-refractivity contribution in [2.75, 3.05) is 0 Å². The summed E-state index contributed by atoms with van der Waals surface area (Å²) in [4.78, 5) is 38.9. The number of carbonyl (C=O) groups is 2. The highest BCUT2D eigenvalue weighted by Crippen LogP contribution is 2.30. The quantitative estimate of drug-likeness (QED) is 0.506. The van der Waals surface area contributed by atoms with Crippen molar-refractivity contribution in [2.24, 2.45) is 5.92 Å². The fourth-order valence-corrected chi connectivity index (χ4v) is 2.02. The second-order valence-corrected chi connectivity index (χ2v) is 4.93. The average molecular weight is 261 g/mol. The predicted octanol–water partition coefficient (Wildman–Crippen LogP) is -0.177. The Morgan fingerprint density at radius 1 is 1.41 bits per heavy atom. The minimum atomic E-state index is -4.60. The smallest absolute Gasteiger partial charge is 0.401 e. The summed E-state index contributed by atoms with van der Waals surface area (Å²) in [7, 11) is -4.60. The Hall–Kier alpha value is -1.27. The van der Waals surface area contributed by atoms with E-state index >= 15 is 0 Å². The minimum Gasteiger partial charge on any atom is -0.480 e. The fourth-order valence-electron chi connectivity index (χ4n) is 1.40. The van der Waals surface area contributed by atoms with Gasteiger partial charge in [0.1, 0.15) is 6.04 Å². The van der Waals surface area contributed by atoms with Crippen LogP contribution >= 0.6 is 7.75 Å². The lowest BCUT2D eigenvalue weighted by molar-refractivity contribution is -0.139. The van der Waals surface area contributed by atoms with Crippen LogP contribution in [-0.4, -0.2) is 32.7 Å². The van der Waals surface area contributed by atoms with Crippen molar-refractivity contribution in [2.45, 2.75) is 12.5 Å². The van der Waals surface area contributed by atoms with Gasteiger partial charge in [-0.2, -0.15) is 0 Å². The van der Waals surface area contributed by atoms with E-state index in [9.17, 15) is 14.2 Å². The van der Waals surface area contributed by atoms with E-state index in [1.165, 1.54) is 24.3 Å². The molecule has 7 nitrogen and oxygen atoms in total. The van der Waals surface area contributed by atoms with E-state index in [-0.39, 0.29) is 18.1 Å². The Labute approximate surface area is 97.0 Å². The van der Waals surface area contributed by atoms with Gasteiger partial charge in [-0.1, -0.05) is 12.2 Å². The van der Waals surface area contributed by atoms with Crippen molar-refractivity contribution in [1.82, 2.24) is 5.09 Å². The minimum absolute atomic E-state index is 0.0409. The first-order chi connectivity index (χ1) is 7.78. The molecule has 0 heterocycles. The zero-order valence-electron chi connectivity index (χ0n) is 8.68. The summed E-state index contributed by atoms with van der Waals surface area (Å²) in [6, 6.07) is -1.37. The SMILES string of the molecule is O=C1C=CC(C[C@H](NP(=O)(O)O)C(=O)O)C=C1. The number of carboxylic acid groups (broad SMARTS) is 1. The van der Waals surface area contributed by atoms with E-state index in [4.69, 9.17) is 14.9 Å². The summed E-state index contributed by atoms with van der Waals surface area (Å²) >= 11 is 0. The fraction of sp³-hybridized carbons (Fsp3) is 0.333. The maximum atomic E-state index is 10.8. The van der Waals surface area contributed by atoms with Gasteiger partial charge < -0.3 is 14.9 Å². The van der Waals surface area contributed by atoms with E-state index < -0.39 is 19.8 Å². The maximum Gasteiger partial charge on any atom is 0.401 e. The van der Waals surface area contributed by atoms with Gasteiger partial charge in [-0.05, 0) is 24.5 Å². The summed E-state index contributed by atoms with van der Waals surface area (Å²) in [6.07, 6.45) is 5.54. The molecule has 0 spiro atoms. The molecule has 0 fully saturated rings. The lowest BCUT2D eigenvalue weighted by atomic mass is 9.95. The van der Waals surface area contributed by atoms with Crippen LogP contribution in [0.15, 0.2) is 24.3 Å². The normalized spacial score (nSPS) is 18.4. The third-order valence-corrected chi connectivity index (χ3v) is 2.79. The molecule has 1 aliphatic carbocycles. The van der Waals surface area contributed by atoms with Gasteiger partial charge in [-0.3, -0.25) is 9.59 Å². The molecule has 94 valence electrons. The summed E-state index contributed by atoms with van der Waals surface area (Å²) in [6.45, 7) is 0. The van der Waals surface area contributed by atoms with Crippen molar-refractivity contribution in [3.8, 4) is 0 Å². The zero-order valence-corrected chi connectivity index (χ0v) is 9.58. The van der Waals surface area contributed by atoms with Gasteiger partial charge >= 0.3 is 13.7 Å². The van der Waals surface area contributed by atoms with E-state index in [0.29, 0.717) is 0 Å². The molecule has 0 aromatic rings. The summed E-state index contributed by atoms with van der Waals surface area (Å²) in [5.41, 5.74) is 0. The van der Waals surface area contributed by atoms with E-state index in [1.54, 1.807) is 5.09 Å². The van der Waals surface area contributed by atoms with Crippen LogP contribution in [0.4, 0.5) is 0 Å². The van der Waals surface area contributed by atoms with Crippen molar-refractivity contribution >= 4 is 19.5 Å². The standard InChI is InChI=1S/C9H12NO6P/c11-7-3-1-6(2-4-7)5-8(9(12)13)10-17(14,15)16/h1-4,6,8H,5H2,(H,12,13)(H3,10,14,15,16)/t8-/m0/s1. The van der Waals surface area contributed by atoms with Gasteiger partial charge in [0.2, 0.25) is 0 Å². The molecule has 0 bridgehead atoms. The number of aliphatic carboxylic acids is 1. The second-order valence-electron chi connectivity index (χ2n) is 3.58. The van der Waals surface area contributed by atoms with Crippen LogP contribution in [0.2, 0.25) is 0 Å². The van der Waals surface area contributed by atoms with Crippen LogP contribution in [0, 0.1) is 5.92 Å². The first kappa shape index (κ1) is 13.8. The molecule has 1 rings (SSSR count). The molecule has 0 saturated carbocycles. The molecule has 4 N–H and O–H groups in total. The maximum absolute atomic E-state index is 10.8. The van der Waals surface area contributed by atoms with Crippen molar-refractivity contribution < 1.29 is 29.0 Å². The van der Waals surface area contributed by atoms with E-state index in [1.807, 2.05) is 0 Å². The van der Waals surface area contributed by atoms with Gasteiger partial charge in [-0.25, -0.2) is 9.65 Å². The van der Waals surface area contributed by atoms with Crippen LogP contribution in [0.5, 0.6) is 0 Å². The highest BCUT2D eigenvalue weighted by atomic mass is 31.2. The first-order valence-corrected chi connectivity index (χ1v) is 6.35. The largest absolute Gasteiger partial charge is 0.480 e. The van der Waals surface area contributed by atoms with Gasteiger partial charge in [0, 0.05) is 0 Å². The topological polar surface area (TPSA) is 124 Å². The number of hydrogen-bond acceptors (Lipinski definition) is 3. The highest BCUT2D eigenvalue weighted by molar-refractivity contribution is 7.49. The Balaban J connectivity index is 2.65. The van der Waals surface area contributed by atoms with Crippen LogP contribution < -0.4 is 5.09 Å². The number of allylic oxidation sites excluding steroid dienone is 4. The van der Waals surface area contributed by atoms with Crippen LogP contribution in [0.1, 0.15) is 6.42 Å². The molecule has 17 heavy (non-hydrogen) atoms. The van der Waals surface area contributed by atoms with Crippen LogP contribution in [0.3, 0.4) is 0 Å². The molecular formula is C9H12NO6P. The van der Waals surface area contributed by atoms with Crippen LogP contribution in [0.25, 0.3) is 0 Å². The Morgan fingerprint density at radius 3 is 2.35 bits per heavy atom. The van der Waals surface area contributed by atoms with Gasteiger partial charge in [-0.15, -0.1) is 0 Å². The predicted molar refractivity (Wildman–Crippen MR) is 58.0 cm³/mol. The molecule has 0 radical (unpaired) electrons. The molecule has 8 heteroatoms. The van der Waals surface area contributed by atoms with Crippen LogP contribution in [-0.2, 0) is 14.2 Å². The van der Waals surface area contributed by atoms with Gasteiger partial charge in [0.15, 0.2) is 5.78 Å². The highest BCUT2D eigenvalue weighted by Gasteiger charge is 2.27. The second kappa shape index (κ2) is 5.37. The van der Waals surface area contributed by atoms with E-state index in [2.05, 4.69) is 0 Å². The zero-order chi connectivity index (χ0) is 13.1. The summed E-state index contributed by atoms with van der Waals surface area (Å²) < 4.78 is 10.7. The van der Waals surface area contributed by atoms with Crippen molar-refractivity contribution in [1.29, 1.82) is 0 Å². The number of carboxylic acids is 1. The van der Waals surface area contributed by atoms with Gasteiger partial charge in [0.25, 0.3) is 0 Å². The number of rotatable bonds is 5. The molecule has 1 atom stereocenters. The molecule has 0 amide bonds. The molecule has 0 aliphatic heterocycles. The van der Waals surface area contributed by atoms with Crippen molar-refractivity contribution in [3.05, 3.63) is 24.3 Å². The lowest BCUT2D eigenvalue weighted by Crippen LogP contribution is -2.36. The number of carbonyl (C=O) groups excluding carboxylic acids is 1. The monoisotopic (exact) mass is 261 g/mol. The van der Waals surface area contributed by atoms with Crippen molar-refractivity contribution in [3.63, 3.8) is 0 Å². The third-order valence-electron chi connectivity index (χ3n) is 2.15. The molecule has 0 unspecified atom stereocenters. The van der Waals surface area contributed by atoms with E-state index in [0.717, 1.165) is 0 Å². The summed E-state index contributed by atoms with van der Waals surface area (Å²) in [5, 5.41) is 10.5.